The summed E-state index contributed by atoms with van der Waals surface area (Å²) in [5.74, 6) is 0.00250. The van der Waals surface area contributed by atoms with Gasteiger partial charge in [0.1, 0.15) is 5.75 Å². The quantitative estimate of drug-likeness (QED) is 0.576. The monoisotopic (exact) mass is 193 g/mol. The molecule has 0 aromatic heterocycles. The second kappa shape index (κ2) is 3.31. The molecular formula is C10H11NO3. The smallest absolute Gasteiger partial charge is 0.167 e. The minimum Gasteiger partial charge on any atom is -0.506 e. The Labute approximate surface area is 81.2 Å². The summed E-state index contributed by atoms with van der Waals surface area (Å²) in [5, 5.41) is 21.3. The van der Waals surface area contributed by atoms with Crippen LogP contribution in [0.2, 0.25) is 0 Å². The van der Waals surface area contributed by atoms with Crippen LogP contribution in [0.5, 0.6) is 5.75 Å². The first-order valence-electron chi connectivity index (χ1n) is 4.45. The zero-order valence-electron chi connectivity index (χ0n) is 7.53. The number of rotatable bonds is 1. The molecule has 0 amide bonds. The van der Waals surface area contributed by atoms with Gasteiger partial charge in [-0.05, 0) is 12.1 Å². The minimum absolute atomic E-state index is 0.0475. The van der Waals surface area contributed by atoms with Crippen LogP contribution in [-0.4, -0.2) is 28.6 Å². The van der Waals surface area contributed by atoms with Crippen molar-refractivity contribution in [1.29, 1.82) is 0 Å². The summed E-state index contributed by atoms with van der Waals surface area (Å²) in [5.41, 5.74) is 0.928. The van der Waals surface area contributed by atoms with Gasteiger partial charge in [0, 0.05) is 12.0 Å². The van der Waals surface area contributed by atoms with Crippen LogP contribution in [0.4, 0.5) is 5.69 Å². The number of ketones is 1. The van der Waals surface area contributed by atoms with E-state index in [-0.39, 0.29) is 30.6 Å². The van der Waals surface area contributed by atoms with Crippen molar-refractivity contribution >= 4 is 11.5 Å². The van der Waals surface area contributed by atoms with Crippen LogP contribution in [0, 0.1) is 0 Å². The molecule has 0 saturated carbocycles. The van der Waals surface area contributed by atoms with Crippen molar-refractivity contribution in [1.82, 2.24) is 0 Å². The molecule has 74 valence electrons. The summed E-state index contributed by atoms with van der Waals surface area (Å²) >= 11 is 0. The number of anilines is 1. The number of carbonyl (C=O) groups is 1. The standard InChI is InChI=1S/C10H11NO3/c12-5-6-4-9(14)7-2-1-3-8(13)10(7)11-6/h1-3,6,11-13H,4-5H2. The molecule has 14 heavy (non-hydrogen) atoms. The Morgan fingerprint density at radius 1 is 1.50 bits per heavy atom. The predicted molar refractivity (Wildman–Crippen MR) is 51.6 cm³/mol. The number of carbonyl (C=O) groups excluding carboxylic acids is 1. The lowest BCUT2D eigenvalue weighted by Crippen LogP contribution is -2.32. The minimum atomic E-state index is -0.289. The second-order valence-electron chi connectivity index (χ2n) is 3.35. The molecule has 1 aliphatic rings. The van der Waals surface area contributed by atoms with E-state index in [0.29, 0.717) is 11.3 Å². The molecule has 0 bridgehead atoms. The third-order valence-electron chi connectivity index (χ3n) is 2.34. The molecule has 2 rings (SSSR count). The number of aliphatic hydroxyl groups is 1. The molecule has 0 radical (unpaired) electrons. The Bertz CT molecular complexity index is 376. The summed E-state index contributed by atoms with van der Waals surface area (Å²) < 4.78 is 0. The lowest BCUT2D eigenvalue weighted by molar-refractivity contribution is 0.0959. The van der Waals surface area contributed by atoms with E-state index in [2.05, 4.69) is 5.32 Å². The van der Waals surface area contributed by atoms with Gasteiger partial charge in [-0.25, -0.2) is 0 Å². The molecule has 1 aromatic rings. The Balaban J connectivity index is 2.45. The largest absolute Gasteiger partial charge is 0.506 e. The first kappa shape index (κ1) is 9.02. The molecule has 1 atom stereocenters. The molecule has 0 spiro atoms. The second-order valence-corrected chi connectivity index (χ2v) is 3.35. The van der Waals surface area contributed by atoms with Crippen molar-refractivity contribution < 1.29 is 15.0 Å². The van der Waals surface area contributed by atoms with Gasteiger partial charge in [0.05, 0.1) is 18.3 Å². The van der Waals surface area contributed by atoms with E-state index in [0.717, 1.165) is 0 Å². The fourth-order valence-electron chi connectivity index (χ4n) is 1.62. The van der Waals surface area contributed by atoms with Crippen LogP contribution < -0.4 is 5.32 Å². The number of benzene rings is 1. The molecule has 1 aromatic carbocycles. The molecule has 1 aliphatic heterocycles. The third-order valence-corrected chi connectivity index (χ3v) is 2.34. The number of phenols is 1. The Hall–Kier alpha value is -1.55. The number of phenolic OH excluding ortho intramolecular Hbond substituents is 1. The summed E-state index contributed by atoms with van der Waals surface area (Å²) in [6, 6.07) is 4.52. The van der Waals surface area contributed by atoms with E-state index in [9.17, 15) is 9.90 Å². The normalized spacial score (nSPS) is 20.1. The molecule has 1 heterocycles. The average Bonchev–Trinajstić information content (AvgIpc) is 2.19. The SMILES string of the molecule is O=C1CC(CO)Nc2c(O)cccc21. The Kier molecular flexibility index (Phi) is 2.13. The summed E-state index contributed by atoms with van der Waals surface area (Å²) in [6.07, 6.45) is 0.271. The van der Waals surface area contributed by atoms with Crippen LogP contribution >= 0.6 is 0 Å². The summed E-state index contributed by atoms with van der Waals surface area (Å²) in [6.45, 7) is -0.112. The molecular weight excluding hydrogens is 182 g/mol. The number of aliphatic hydroxyl groups excluding tert-OH is 1. The highest BCUT2D eigenvalue weighted by Gasteiger charge is 2.25. The lowest BCUT2D eigenvalue weighted by Gasteiger charge is -2.24. The molecule has 4 nitrogen and oxygen atoms in total. The van der Waals surface area contributed by atoms with Crippen molar-refractivity contribution in [3.8, 4) is 5.75 Å². The molecule has 0 saturated heterocycles. The fraction of sp³-hybridized carbons (Fsp3) is 0.300. The average molecular weight is 193 g/mol. The van der Waals surface area contributed by atoms with Crippen LogP contribution in [-0.2, 0) is 0 Å². The van der Waals surface area contributed by atoms with Crippen LogP contribution in [0.15, 0.2) is 18.2 Å². The van der Waals surface area contributed by atoms with Crippen LogP contribution in [0.25, 0.3) is 0 Å². The van der Waals surface area contributed by atoms with E-state index < -0.39 is 0 Å². The highest BCUT2D eigenvalue weighted by Crippen LogP contribution is 2.32. The number of nitrogens with one attached hydrogen (secondary N) is 1. The van der Waals surface area contributed by atoms with E-state index >= 15 is 0 Å². The highest BCUT2D eigenvalue weighted by atomic mass is 16.3. The summed E-state index contributed by atoms with van der Waals surface area (Å²) in [7, 11) is 0. The first-order chi connectivity index (χ1) is 6.72. The maximum atomic E-state index is 11.5. The molecule has 4 heteroatoms. The first-order valence-corrected chi connectivity index (χ1v) is 4.45. The zero-order valence-corrected chi connectivity index (χ0v) is 7.53. The predicted octanol–water partition coefficient (Wildman–Crippen LogP) is 0.751. The van der Waals surface area contributed by atoms with Crippen molar-refractivity contribution in [2.24, 2.45) is 0 Å². The maximum Gasteiger partial charge on any atom is 0.167 e. The number of hydrogen-bond donors (Lipinski definition) is 3. The molecule has 3 N–H and O–H groups in total. The van der Waals surface area contributed by atoms with Gasteiger partial charge in [-0.2, -0.15) is 0 Å². The molecule has 0 fully saturated rings. The number of aromatic hydroxyl groups is 1. The van der Waals surface area contributed by atoms with E-state index in [1.54, 1.807) is 12.1 Å². The lowest BCUT2D eigenvalue weighted by atomic mass is 9.97. The van der Waals surface area contributed by atoms with Crippen LogP contribution in [0.1, 0.15) is 16.8 Å². The van der Waals surface area contributed by atoms with Gasteiger partial charge in [0.15, 0.2) is 5.78 Å². The van der Waals surface area contributed by atoms with E-state index in [1.165, 1.54) is 6.07 Å². The van der Waals surface area contributed by atoms with Gasteiger partial charge in [-0.1, -0.05) is 6.07 Å². The topological polar surface area (TPSA) is 69.6 Å². The maximum absolute atomic E-state index is 11.5. The molecule has 1 unspecified atom stereocenters. The zero-order chi connectivity index (χ0) is 10.1. The van der Waals surface area contributed by atoms with Gasteiger partial charge >= 0.3 is 0 Å². The highest BCUT2D eigenvalue weighted by molar-refractivity contribution is 6.04. The van der Waals surface area contributed by atoms with Crippen molar-refractivity contribution in [3.05, 3.63) is 23.8 Å². The van der Waals surface area contributed by atoms with Gasteiger partial charge in [0.2, 0.25) is 0 Å². The van der Waals surface area contributed by atoms with Gasteiger partial charge in [0.25, 0.3) is 0 Å². The van der Waals surface area contributed by atoms with Gasteiger partial charge < -0.3 is 15.5 Å². The van der Waals surface area contributed by atoms with Crippen molar-refractivity contribution in [2.45, 2.75) is 12.5 Å². The number of para-hydroxylation sites is 1. The van der Waals surface area contributed by atoms with Gasteiger partial charge in [-0.3, -0.25) is 4.79 Å². The van der Waals surface area contributed by atoms with Crippen molar-refractivity contribution in [2.75, 3.05) is 11.9 Å². The van der Waals surface area contributed by atoms with E-state index in [1.807, 2.05) is 0 Å². The Morgan fingerprint density at radius 2 is 2.29 bits per heavy atom. The van der Waals surface area contributed by atoms with Crippen molar-refractivity contribution in [3.63, 3.8) is 0 Å². The number of hydrogen-bond acceptors (Lipinski definition) is 4. The molecule has 0 aliphatic carbocycles. The fourth-order valence-corrected chi connectivity index (χ4v) is 1.62. The van der Waals surface area contributed by atoms with E-state index in [4.69, 9.17) is 5.11 Å². The van der Waals surface area contributed by atoms with Gasteiger partial charge in [-0.15, -0.1) is 0 Å². The Morgan fingerprint density at radius 3 is 3.00 bits per heavy atom. The summed E-state index contributed by atoms with van der Waals surface area (Å²) in [4.78, 5) is 11.5. The number of fused-ring (bicyclic) bond motifs is 1. The van der Waals surface area contributed by atoms with Crippen LogP contribution in [0.3, 0.4) is 0 Å². The third kappa shape index (κ3) is 1.33. The number of Topliss-reactive ketones (excluding diaryl/α,β-unsaturated/α-hetero) is 1.